The van der Waals surface area contributed by atoms with E-state index in [9.17, 15) is 23.1 Å². The minimum absolute atomic E-state index is 0.200. The zero-order valence-electron chi connectivity index (χ0n) is 7.41. The molecule has 0 amide bonds. The predicted octanol–water partition coefficient (Wildman–Crippen LogP) is 1.37. The van der Waals surface area contributed by atoms with Crippen molar-refractivity contribution >= 4 is 17.3 Å². The van der Waals surface area contributed by atoms with E-state index in [-0.39, 0.29) is 16.2 Å². The van der Waals surface area contributed by atoms with Crippen molar-refractivity contribution in [3.05, 3.63) is 16.1 Å². The molecule has 0 saturated carbocycles. The zero-order valence-corrected chi connectivity index (χ0v) is 8.22. The van der Waals surface area contributed by atoms with Crippen molar-refractivity contribution in [1.82, 2.24) is 4.98 Å². The van der Waals surface area contributed by atoms with Crippen LogP contribution in [0.25, 0.3) is 0 Å². The van der Waals surface area contributed by atoms with Crippen molar-refractivity contribution in [2.75, 3.05) is 7.11 Å². The largest absolute Gasteiger partial charge is 0.467 e. The molecule has 1 N–H and O–H groups in total. The molecule has 0 saturated heterocycles. The average molecular weight is 241 g/mol. The quantitative estimate of drug-likeness (QED) is 0.794. The fourth-order valence-electron chi connectivity index (χ4n) is 0.772. The summed E-state index contributed by atoms with van der Waals surface area (Å²) in [5.41, 5.74) is 0. The fourth-order valence-corrected chi connectivity index (χ4v) is 1.53. The van der Waals surface area contributed by atoms with Gasteiger partial charge in [-0.25, -0.2) is 9.78 Å². The van der Waals surface area contributed by atoms with E-state index >= 15 is 0 Å². The summed E-state index contributed by atoms with van der Waals surface area (Å²) in [6.07, 6.45) is -5.49. The number of hydrogen-bond acceptors (Lipinski definition) is 5. The number of methoxy groups -OCH3 is 1. The monoisotopic (exact) mass is 241 g/mol. The Balaban J connectivity index is 2.89. The third kappa shape index (κ3) is 2.66. The molecule has 1 atom stereocenters. The molecule has 15 heavy (non-hydrogen) atoms. The Morgan fingerprint density at radius 3 is 2.67 bits per heavy atom. The molecule has 0 aromatic carbocycles. The molecule has 8 heteroatoms. The Hall–Kier alpha value is -1.15. The topological polar surface area (TPSA) is 59.4 Å². The van der Waals surface area contributed by atoms with Gasteiger partial charge in [-0.3, -0.25) is 0 Å². The van der Waals surface area contributed by atoms with Crippen molar-refractivity contribution in [2.45, 2.75) is 12.3 Å². The van der Waals surface area contributed by atoms with Gasteiger partial charge in [0.2, 0.25) is 0 Å². The van der Waals surface area contributed by atoms with Crippen LogP contribution < -0.4 is 0 Å². The number of halogens is 3. The number of aromatic nitrogens is 1. The van der Waals surface area contributed by atoms with E-state index < -0.39 is 23.3 Å². The van der Waals surface area contributed by atoms with Gasteiger partial charge in [0.05, 0.1) is 12.0 Å². The number of rotatable bonds is 2. The molecule has 4 nitrogen and oxygen atoms in total. The van der Waals surface area contributed by atoms with Crippen molar-refractivity contribution in [3.8, 4) is 0 Å². The summed E-state index contributed by atoms with van der Waals surface area (Å²) in [5, 5.41) is 8.09. The summed E-state index contributed by atoms with van der Waals surface area (Å²) in [4.78, 5) is 13.6. The third-order valence-corrected chi connectivity index (χ3v) is 2.55. The van der Waals surface area contributed by atoms with Crippen molar-refractivity contribution in [1.29, 1.82) is 0 Å². The third-order valence-electron chi connectivity index (χ3n) is 1.46. The van der Waals surface area contributed by atoms with Crippen molar-refractivity contribution in [2.24, 2.45) is 0 Å². The van der Waals surface area contributed by atoms with E-state index in [0.717, 1.165) is 13.3 Å². The minimum atomic E-state index is -4.57. The number of hydrogen-bond donors (Lipinski definition) is 1. The molecule has 1 heterocycles. The molecule has 1 unspecified atom stereocenters. The first kappa shape index (κ1) is 11.9. The lowest BCUT2D eigenvalue weighted by Gasteiger charge is -2.04. The van der Waals surface area contributed by atoms with Crippen LogP contribution in [0.4, 0.5) is 13.2 Å². The van der Waals surface area contributed by atoms with Crippen molar-refractivity contribution < 1.29 is 27.8 Å². The van der Waals surface area contributed by atoms with Crippen LogP contribution in [-0.2, 0) is 15.7 Å². The number of aliphatic hydroxyl groups is 1. The van der Waals surface area contributed by atoms with Gasteiger partial charge < -0.3 is 9.84 Å². The Morgan fingerprint density at radius 1 is 1.67 bits per heavy atom. The summed E-state index contributed by atoms with van der Waals surface area (Å²) in [5.74, 6) is -1.02. The van der Waals surface area contributed by atoms with Gasteiger partial charge >= 0.3 is 12.1 Å². The van der Waals surface area contributed by atoms with Gasteiger partial charge in [0, 0.05) is 6.20 Å². The molecule has 0 radical (unpaired) electrons. The number of aliphatic hydroxyl groups excluding tert-OH is 1. The Bertz CT molecular complexity index is 363. The second kappa shape index (κ2) is 4.15. The van der Waals surface area contributed by atoms with Gasteiger partial charge in [-0.1, -0.05) is 0 Å². The highest BCUT2D eigenvalue weighted by atomic mass is 32.1. The molecule has 0 aliphatic heterocycles. The predicted molar refractivity (Wildman–Crippen MR) is 44.1 cm³/mol. The number of ether oxygens (including phenoxy) is 1. The first-order valence-electron chi connectivity index (χ1n) is 3.65. The van der Waals surface area contributed by atoms with Crippen LogP contribution in [0.2, 0.25) is 0 Å². The summed E-state index contributed by atoms with van der Waals surface area (Å²) < 4.78 is 40.5. The highest BCUT2D eigenvalue weighted by molar-refractivity contribution is 7.11. The molecule has 1 aromatic rings. The minimum Gasteiger partial charge on any atom is -0.467 e. The van der Waals surface area contributed by atoms with Crippen LogP contribution in [0, 0.1) is 0 Å². The molecule has 0 bridgehead atoms. The number of carbonyl (C=O) groups excluding carboxylic acids is 1. The highest BCUT2D eigenvalue weighted by Crippen LogP contribution is 2.34. The van der Waals surface area contributed by atoms with Crippen LogP contribution in [-0.4, -0.2) is 23.2 Å². The molecular formula is C7H6F3NO3S. The first-order chi connectivity index (χ1) is 6.86. The molecule has 0 aliphatic rings. The average Bonchev–Trinajstić information content (AvgIpc) is 2.63. The fraction of sp³-hybridized carbons (Fsp3) is 0.429. The second-order valence-electron chi connectivity index (χ2n) is 2.49. The molecule has 0 spiro atoms. The number of thiazole rings is 1. The zero-order chi connectivity index (χ0) is 11.6. The van der Waals surface area contributed by atoms with Crippen LogP contribution in [0.15, 0.2) is 6.20 Å². The van der Waals surface area contributed by atoms with Crippen molar-refractivity contribution in [3.63, 3.8) is 0 Å². The van der Waals surface area contributed by atoms with E-state index in [1.54, 1.807) is 0 Å². The standard InChI is InChI=1S/C7H6F3NO3S/c1-14-5(13)4(12)3-2-11-6(15-3)7(8,9)10/h2,4,12H,1H3. The molecule has 84 valence electrons. The molecule has 0 fully saturated rings. The van der Waals surface area contributed by atoms with E-state index in [2.05, 4.69) is 9.72 Å². The second-order valence-corrected chi connectivity index (χ2v) is 3.55. The first-order valence-corrected chi connectivity index (χ1v) is 4.46. The highest BCUT2D eigenvalue weighted by Gasteiger charge is 2.36. The lowest BCUT2D eigenvalue weighted by molar-refractivity contribution is -0.150. The van der Waals surface area contributed by atoms with E-state index in [0.29, 0.717) is 0 Å². The molecule has 0 aliphatic carbocycles. The van der Waals surface area contributed by atoms with E-state index in [1.165, 1.54) is 0 Å². The van der Waals surface area contributed by atoms with Crippen LogP contribution in [0.1, 0.15) is 16.0 Å². The summed E-state index contributed by atoms with van der Waals surface area (Å²) >= 11 is 0.205. The molecule has 1 rings (SSSR count). The van der Waals surface area contributed by atoms with E-state index in [4.69, 9.17) is 0 Å². The molecule has 1 aromatic heterocycles. The Morgan fingerprint density at radius 2 is 2.27 bits per heavy atom. The van der Waals surface area contributed by atoms with Gasteiger partial charge in [0.15, 0.2) is 11.1 Å². The lowest BCUT2D eigenvalue weighted by Crippen LogP contribution is -2.12. The number of carbonyl (C=O) groups is 1. The van der Waals surface area contributed by atoms with Gasteiger partial charge in [0.1, 0.15) is 0 Å². The number of nitrogens with zero attached hydrogens (tertiary/aromatic N) is 1. The Kier molecular flexibility index (Phi) is 3.30. The Labute approximate surface area is 86.3 Å². The van der Waals surface area contributed by atoms with Crippen LogP contribution >= 0.6 is 11.3 Å². The van der Waals surface area contributed by atoms with Crippen LogP contribution in [0.3, 0.4) is 0 Å². The maximum absolute atomic E-state index is 12.1. The number of esters is 1. The summed E-state index contributed by atoms with van der Waals surface area (Å²) in [7, 11) is 1.03. The SMILES string of the molecule is COC(=O)C(O)c1cnc(C(F)(F)F)s1. The maximum Gasteiger partial charge on any atom is 0.443 e. The van der Waals surface area contributed by atoms with Gasteiger partial charge in [-0.05, 0) is 0 Å². The van der Waals surface area contributed by atoms with Gasteiger partial charge in [-0.2, -0.15) is 13.2 Å². The summed E-state index contributed by atoms with van der Waals surface area (Å²) in [6, 6.07) is 0. The number of alkyl halides is 3. The lowest BCUT2D eigenvalue weighted by atomic mass is 10.3. The molecular weight excluding hydrogens is 235 g/mol. The van der Waals surface area contributed by atoms with Gasteiger partial charge in [-0.15, -0.1) is 11.3 Å². The normalized spacial score (nSPS) is 13.7. The van der Waals surface area contributed by atoms with E-state index in [1.807, 2.05) is 0 Å². The maximum atomic E-state index is 12.1. The van der Waals surface area contributed by atoms with Crippen LogP contribution in [0.5, 0.6) is 0 Å². The summed E-state index contributed by atoms with van der Waals surface area (Å²) in [6.45, 7) is 0. The smallest absolute Gasteiger partial charge is 0.443 e. The van der Waals surface area contributed by atoms with Gasteiger partial charge in [0.25, 0.3) is 0 Å².